The minimum Gasteiger partial charge on any atom is -0.462 e. The zero-order valence-corrected chi connectivity index (χ0v) is 13.8. The van der Waals surface area contributed by atoms with Crippen molar-refractivity contribution in [3.8, 4) is 0 Å². The van der Waals surface area contributed by atoms with Crippen LogP contribution < -0.4 is 5.32 Å². The quantitative estimate of drug-likeness (QED) is 0.824. The molecule has 1 aromatic carbocycles. The number of benzene rings is 1. The van der Waals surface area contributed by atoms with Gasteiger partial charge in [0, 0.05) is 23.6 Å². The first-order chi connectivity index (χ1) is 11.5. The van der Waals surface area contributed by atoms with Crippen LogP contribution in [0, 0.1) is 19.8 Å². The molecule has 0 bridgehead atoms. The molecule has 0 saturated heterocycles. The molecule has 126 valence electrons. The van der Waals surface area contributed by atoms with Crippen molar-refractivity contribution in [1.29, 1.82) is 0 Å². The molecule has 0 atom stereocenters. The number of hydrogen-bond donors (Lipinski definition) is 1. The van der Waals surface area contributed by atoms with Gasteiger partial charge in [0.1, 0.15) is 5.76 Å². The van der Waals surface area contributed by atoms with Gasteiger partial charge in [0.2, 0.25) is 5.91 Å². The van der Waals surface area contributed by atoms with Gasteiger partial charge < -0.3 is 14.6 Å². The second kappa shape index (κ2) is 6.86. The van der Waals surface area contributed by atoms with E-state index in [4.69, 9.17) is 9.26 Å². The highest BCUT2D eigenvalue weighted by Gasteiger charge is 2.29. The van der Waals surface area contributed by atoms with Crippen molar-refractivity contribution < 1.29 is 18.8 Å². The maximum Gasteiger partial charge on any atom is 0.338 e. The Morgan fingerprint density at radius 3 is 2.54 bits per heavy atom. The summed E-state index contributed by atoms with van der Waals surface area (Å²) in [6.45, 7) is 3.97. The van der Waals surface area contributed by atoms with Gasteiger partial charge in [0.25, 0.3) is 0 Å². The maximum absolute atomic E-state index is 12.0. The number of nitrogens with zero attached hydrogens (tertiary/aromatic N) is 1. The summed E-state index contributed by atoms with van der Waals surface area (Å²) in [6.07, 6.45) is 2.49. The van der Waals surface area contributed by atoms with Gasteiger partial charge in [-0.25, -0.2) is 4.79 Å². The molecular weight excluding hydrogens is 308 g/mol. The lowest BCUT2D eigenvalue weighted by Gasteiger charge is -2.07. The molecule has 1 aliphatic rings. The van der Waals surface area contributed by atoms with E-state index in [1.54, 1.807) is 24.3 Å². The van der Waals surface area contributed by atoms with Crippen LogP contribution in [0.5, 0.6) is 0 Å². The summed E-state index contributed by atoms with van der Waals surface area (Å²) in [5.74, 6) is 0.560. The van der Waals surface area contributed by atoms with Crippen molar-refractivity contribution in [1.82, 2.24) is 5.16 Å². The number of hydrogen-bond acceptors (Lipinski definition) is 5. The molecule has 6 heteroatoms. The lowest BCUT2D eigenvalue weighted by Crippen LogP contribution is -2.13. The number of anilines is 1. The normalized spacial score (nSPS) is 13.6. The number of carbonyl (C=O) groups excluding carboxylic acids is 2. The van der Waals surface area contributed by atoms with E-state index in [9.17, 15) is 9.59 Å². The standard InChI is InChI=1S/C18H20N2O4/c1-11-16(12(2)24-20-11)9-10-23-18(22)14-5-7-15(8-6-14)19-17(21)13-3-4-13/h5-8,13H,3-4,9-10H2,1-2H3,(H,19,21). The molecule has 1 amide bonds. The predicted molar refractivity (Wildman–Crippen MR) is 87.8 cm³/mol. The Labute approximate surface area is 140 Å². The van der Waals surface area contributed by atoms with Crippen molar-refractivity contribution >= 4 is 17.6 Å². The highest BCUT2D eigenvalue weighted by atomic mass is 16.5. The first-order valence-corrected chi connectivity index (χ1v) is 8.04. The lowest BCUT2D eigenvalue weighted by atomic mass is 10.1. The third-order valence-electron chi connectivity index (χ3n) is 4.10. The molecule has 1 N–H and O–H groups in total. The number of amides is 1. The molecule has 1 heterocycles. The largest absolute Gasteiger partial charge is 0.462 e. The number of ether oxygens (including phenoxy) is 1. The molecule has 3 rings (SSSR count). The van der Waals surface area contributed by atoms with Crippen LogP contribution in [-0.2, 0) is 16.0 Å². The summed E-state index contributed by atoms with van der Waals surface area (Å²) < 4.78 is 10.4. The Balaban J connectivity index is 1.50. The fraction of sp³-hybridized carbons (Fsp3) is 0.389. The summed E-state index contributed by atoms with van der Waals surface area (Å²) in [5, 5.41) is 6.71. The van der Waals surface area contributed by atoms with Crippen LogP contribution in [0.15, 0.2) is 28.8 Å². The second-order valence-corrected chi connectivity index (χ2v) is 6.03. The smallest absolute Gasteiger partial charge is 0.338 e. The van der Waals surface area contributed by atoms with E-state index in [0.717, 1.165) is 29.9 Å². The van der Waals surface area contributed by atoms with Gasteiger partial charge in [0.15, 0.2) is 0 Å². The third kappa shape index (κ3) is 3.82. The van der Waals surface area contributed by atoms with Crippen molar-refractivity contribution in [2.75, 3.05) is 11.9 Å². The Morgan fingerprint density at radius 2 is 1.96 bits per heavy atom. The van der Waals surface area contributed by atoms with Crippen LogP contribution >= 0.6 is 0 Å². The van der Waals surface area contributed by atoms with Gasteiger partial charge in [0.05, 0.1) is 17.9 Å². The van der Waals surface area contributed by atoms with Gasteiger partial charge in [-0.15, -0.1) is 0 Å². The van der Waals surface area contributed by atoms with E-state index in [1.165, 1.54) is 0 Å². The Hall–Kier alpha value is -2.63. The van der Waals surface area contributed by atoms with Gasteiger partial charge >= 0.3 is 5.97 Å². The maximum atomic E-state index is 12.0. The van der Waals surface area contributed by atoms with Crippen molar-refractivity contribution in [2.24, 2.45) is 5.92 Å². The van der Waals surface area contributed by atoms with E-state index >= 15 is 0 Å². The average molecular weight is 328 g/mol. The molecule has 0 spiro atoms. The van der Waals surface area contributed by atoms with Crippen LogP contribution in [0.3, 0.4) is 0 Å². The summed E-state index contributed by atoms with van der Waals surface area (Å²) in [4.78, 5) is 23.7. The number of aryl methyl sites for hydroxylation is 2. The number of nitrogens with one attached hydrogen (secondary N) is 1. The van der Waals surface area contributed by atoms with Crippen LogP contribution in [0.1, 0.15) is 40.2 Å². The predicted octanol–water partition coefficient (Wildman–Crippen LogP) is 3.04. The van der Waals surface area contributed by atoms with Crippen molar-refractivity contribution in [3.63, 3.8) is 0 Å². The summed E-state index contributed by atoms with van der Waals surface area (Å²) >= 11 is 0. The van der Waals surface area contributed by atoms with Gasteiger partial charge in [-0.3, -0.25) is 4.79 Å². The second-order valence-electron chi connectivity index (χ2n) is 6.03. The van der Waals surface area contributed by atoms with E-state index in [-0.39, 0.29) is 24.4 Å². The zero-order valence-electron chi connectivity index (χ0n) is 13.8. The minimum atomic E-state index is -0.387. The molecule has 24 heavy (non-hydrogen) atoms. The molecule has 0 radical (unpaired) electrons. The van der Waals surface area contributed by atoms with E-state index in [1.807, 2.05) is 13.8 Å². The van der Waals surface area contributed by atoms with Gasteiger partial charge in [-0.1, -0.05) is 5.16 Å². The first-order valence-electron chi connectivity index (χ1n) is 8.04. The van der Waals surface area contributed by atoms with Gasteiger partial charge in [-0.05, 0) is 51.0 Å². The molecule has 1 saturated carbocycles. The van der Waals surface area contributed by atoms with E-state index in [2.05, 4.69) is 10.5 Å². The lowest BCUT2D eigenvalue weighted by molar-refractivity contribution is -0.117. The summed E-state index contributed by atoms with van der Waals surface area (Å²) in [7, 11) is 0. The average Bonchev–Trinajstić information content (AvgIpc) is 3.37. The molecule has 0 aliphatic heterocycles. The topological polar surface area (TPSA) is 81.4 Å². The van der Waals surface area contributed by atoms with Crippen LogP contribution in [0.4, 0.5) is 5.69 Å². The Bertz CT molecular complexity index is 725. The third-order valence-corrected chi connectivity index (χ3v) is 4.10. The molecule has 1 fully saturated rings. The van der Waals surface area contributed by atoms with Crippen LogP contribution in [-0.4, -0.2) is 23.6 Å². The molecule has 6 nitrogen and oxygen atoms in total. The summed E-state index contributed by atoms with van der Waals surface area (Å²) in [6, 6.07) is 6.73. The molecular formula is C18H20N2O4. The molecule has 1 aromatic heterocycles. The van der Waals surface area contributed by atoms with Gasteiger partial charge in [-0.2, -0.15) is 0 Å². The summed E-state index contributed by atoms with van der Waals surface area (Å²) in [5.41, 5.74) is 2.94. The van der Waals surface area contributed by atoms with Crippen molar-refractivity contribution in [2.45, 2.75) is 33.1 Å². The van der Waals surface area contributed by atoms with E-state index in [0.29, 0.717) is 17.7 Å². The molecule has 2 aromatic rings. The molecule has 1 aliphatic carbocycles. The van der Waals surface area contributed by atoms with E-state index < -0.39 is 0 Å². The molecule has 0 unspecified atom stereocenters. The minimum absolute atomic E-state index is 0.0461. The Kier molecular flexibility index (Phi) is 4.64. The van der Waals surface area contributed by atoms with Crippen LogP contribution in [0.2, 0.25) is 0 Å². The number of aromatic nitrogens is 1. The van der Waals surface area contributed by atoms with Crippen LogP contribution in [0.25, 0.3) is 0 Å². The first kappa shape index (κ1) is 16.2. The Morgan fingerprint density at radius 1 is 1.25 bits per heavy atom. The van der Waals surface area contributed by atoms with Crippen molar-refractivity contribution in [3.05, 3.63) is 46.8 Å². The highest BCUT2D eigenvalue weighted by molar-refractivity contribution is 5.95. The number of carbonyl (C=O) groups is 2. The fourth-order valence-electron chi connectivity index (χ4n) is 2.47. The number of rotatable bonds is 6. The SMILES string of the molecule is Cc1noc(C)c1CCOC(=O)c1ccc(NC(=O)C2CC2)cc1. The fourth-order valence-corrected chi connectivity index (χ4v) is 2.47. The number of esters is 1. The monoisotopic (exact) mass is 328 g/mol. The highest BCUT2D eigenvalue weighted by Crippen LogP contribution is 2.30. The zero-order chi connectivity index (χ0) is 17.1.